The first-order chi connectivity index (χ1) is 16.0. The van der Waals surface area contributed by atoms with E-state index in [2.05, 4.69) is 15.3 Å². The average Bonchev–Trinajstić information content (AvgIpc) is 3.30. The van der Waals surface area contributed by atoms with E-state index in [9.17, 15) is 9.59 Å². The lowest BCUT2D eigenvalue weighted by molar-refractivity contribution is -0.151. The average molecular weight is 447 g/mol. The Labute approximate surface area is 194 Å². The van der Waals surface area contributed by atoms with E-state index in [0.29, 0.717) is 26.1 Å². The van der Waals surface area contributed by atoms with Crippen molar-refractivity contribution in [3.05, 3.63) is 66.2 Å². The molecule has 1 atom stereocenters. The number of nitrogens with zero attached hydrogens (tertiary/aromatic N) is 6. The van der Waals surface area contributed by atoms with Crippen LogP contribution in [0.3, 0.4) is 0 Å². The van der Waals surface area contributed by atoms with Crippen LogP contribution in [0.5, 0.6) is 0 Å². The van der Waals surface area contributed by atoms with Crippen LogP contribution in [0.15, 0.2) is 55.0 Å². The molecule has 1 fully saturated rings. The number of hydrogen-bond donors (Lipinski definition) is 0. The molecule has 0 bridgehead atoms. The van der Waals surface area contributed by atoms with Gasteiger partial charge in [-0.05, 0) is 35.6 Å². The van der Waals surface area contributed by atoms with Gasteiger partial charge in [0.05, 0.1) is 5.69 Å². The van der Waals surface area contributed by atoms with E-state index in [4.69, 9.17) is 0 Å². The maximum atomic E-state index is 13.2. The number of rotatable bonds is 7. The Morgan fingerprint density at radius 2 is 1.91 bits per heavy atom. The third kappa shape index (κ3) is 5.10. The maximum Gasteiger partial charge on any atom is 0.245 e. The van der Waals surface area contributed by atoms with Crippen molar-refractivity contribution in [2.75, 3.05) is 19.6 Å². The molecule has 4 rings (SSSR count). The second kappa shape index (κ2) is 9.94. The molecule has 1 aliphatic heterocycles. The van der Waals surface area contributed by atoms with Gasteiger partial charge in [-0.15, -0.1) is 5.10 Å². The van der Waals surface area contributed by atoms with Gasteiger partial charge in [0.2, 0.25) is 11.8 Å². The summed E-state index contributed by atoms with van der Waals surface area (Å²) < 4.78 is 1.56. The summed E-state index contributed by atoms with van der Waals surface area (Å²) in [4.78, 5) is 34.1. The van der Waals surface area contributed by atoms with Gasteiger partial charge < -0.3 is 9.80 Å². The normalized spacial score (nSPS) is 16.5. The van der Waals surface area contributed by atoms with Crippen LogP contribution in [-0.4, -0.2) is 67.3 Å². The lowest BCUT2D eigenvalue weighted by Crippen LogP contribution is -2.59. The number of carbonyl (C=O) groups is 2. The van der Waals surface area contributed by atoms with Crippen molar-refractivity contribution in [1.82, 2.24) is 29.8 Å². The number of pyridine rings is 1. The van der Waals surface area contributed by atoms with Crippen LogP contribution in [0.4, 0.5) is 0 Å². The summed E-state index contributed by atoms with van der Waals surface area (Å²) in [5.74, 6) is 0.122. The molecule has 3 heterocycles. The summed E-state index contributed by atoms with van der Waals surface area (Å²) in [5, 5.41) is 8.23. The van der Waals surface area contributed by atoms with E-state index < -0.39 is 6.04 Å². The second-order valence-electron chi connectivity index (χ2n) is 8.66. The molecular weight excluding hydrogens is 416 g/mol. The Balaban J connectivity index is 1.51. The van der Waals surface area contributed by atoms with Crippen molar-refractivity contribution in [1.29, 1.82) is 0 Å². The van der Waals surface area contributed by atoms with Gasteiger partial charge in [-0.25, -0.2) is 4.68 Å². The van der Waals surface area contributed by atoms with Gasteiger partial charge in [0.1, 0.15) is 12.6 Å². The topological polar surface area (TPSA) is 84.2 Å². The summed E-state index contributed by atoms with van der Waals surface area (Å²) >= 11 is 0. The standard InChI is InChI=1S/C25H30N6O2/c1-4-29-12-13-31(24(32)17-30-16-22(18(2)3)27-28-30)23(25(29)33)14-19-7-9-20(10-8-19)21-6-5-11-26-15-21/h5-11,15-16,18,23H,4,12-14,17H2,1-3H3/t23-/m1/s1. The monoisotopic (exact) mass is 446 g/mol. The molecular formula is C25H30N6O2. The first-order valence-corrected chi connectivity index (χ1v) is 11.4. The molecule has 0 unspecified atom stereocenters. The number of likely N-dealkylation sites (N-methyl/N-ethyl adjacent to an activating group) is 1. The number of amides is 2. The first-order valence-electron chi connectivity index (χ1n) is 11.4. The highest BCUT2D eigenvalue weighted by molar-refractivity contribution is 5.89. The Kier molecular flexibility index (Phi) is 6.82. The van der Waals surface area contributed by atoms with Crippen LogP contribution in [0.25, 0.3) is 11.1 Å². The molecule has 1 saturated heterocycles. The van der Waals surface area contributed by atoms with E-state index in [1.165, 1.54) is 0 Å². The Morgan fingerprint density at radius 3 is 2.55 bits per heavy atom. The van der Waals surface area contributed by atoms with Gasteiger partial charge in [0.25, 0.3) is 0 Å². The highest BCUT2D eigenvalue weighted by Crippen LogP contribution is 2.22. The van der Waals surface area contributed by atoms with Crippen LogP contribution >= 0.6 is 0 Å². The van der Waals surface area contributed by atoms with Crippen molar-refractivity contribution in [3.63, 3.8) is 0 Å². The highest BCUT2D eigenvalue weighted by atomic mass is 16.2. The molecule has 0 saturated carbocycles. The van der Waals surface area contributed by atoms with Crippen LogP contribution < -0.4 is 0 Å². The van der Waals surface area contributed by atoms with Crippen LogP contribution in [0, 0.1) is 0 Å². The highest BCUT2D eigenvalue weighted by Gasteiger charge is 2.36. The summed E-state index contributed by atoms with van der Waals surface area (Å²) in [5.41, 5.74) is 3.97. The summed E-state index contributed by atoms with van der Waals surface area (Å²) in [6.07, 6.45) is 5.86. The first kappa shape index (κ1) is 22.6. The van der Waals surface area contributed by atoms with Gasteiger partial charge in [0.15, 0.2) is 0 Å². The predicted octanol–water partition coefficient (Wildman–Crippen LogP) is 2.77. The summed E-state index contributed by atoms with van der Waals surface area (Å²) in [7, 11) is 0. The minimum absolute atomic E-state index is 0.00473. The minimum Gasteiger partial charge on any atom is -0.339 e. The molecule has 2 amide bonds. The molecule has 33 heavy (non-hydrogen) atoms. The maximum absolute atomic E-state index is 13.2. The zero-order valence-electron chi connectivity index (χ0n) is 19.4. The second-order valence-corrected chi connectivity index (χ2v) is 8.66. The lowest BCUT2D eigenvalue weighted by atomic mass is 9.98. The van der Waals surface area contributed by atoms with Crippen LogP contribution in [0.1, 0.15) is 37.9 Å². The van der Waals surface area contributed by atoms with Crippen molar-refractivity contribution in [3.8, 4) is 11.1 Å². The van der Waals surface area contributed by atoms with E-state index in [1.807, 2.05) is 68.3 Å². The van der Waals surface area contributed by atoms with Crippen molar-refractivity contribution < 1.29 is 9.59 Å². The van der Waals surface area contributed by atoms with Crippen molar-refractivity contribution in [2.24, 2.45) is 0 Å². The molecule has 0 aliphatic carbocycles. The van der Waals surface area contributed by atoms with E-state index >= 15 is 0 Å². The molecule has 0 radical (unpaired) electrons. The zero-order valence-corrected chi connectivity index (χ0v) is 19.4. The fraction of sp³-hybridized carbons (Fsp3) is 0.400. The van der Waals surface area contributed by atoms with Crippen molar-refractivity contribution in [2.45, 2.75) is 45.7 Å². The summed E-state index contributed by atoms with van der Waals surface area (Å²) in [6.45, 7) is 7.82. The van der Waals surface area contributed by atoms with Gasteiger partial charge in [-0.3, -0.25) is 14.6 Å². The molecule has 2 aromatic heterocycles. The number of carbonyl (C=O) groups excluding carboxylic acids is 2. The smallest absolute Gasteiger partial charge is 0.245 e. The fourth-order valence-electron chi connectivity index (χ4n) is 4.12. The number of aromatic nitrogens is 4. The molecule has 0 spiro atoms. The summed E-state index contributed by atoms with van der Waals surface area (Å²) in [6, 6.07) is 11.5. The number of piperazine rings is 1. The largest absolute Gasteiger partial charge is 0.339 e. The Hall–Kier alpha value is -3.55. The molecule has 172 valence electrons. The van der Waals surface area contributed by atoms with Gasteiger partial charge in [0, 0.05) is 44.6 Å². The van der Waals surface area contributed by atoms with Crippen LogP contribution in [0.2, 0.25) is 0 Å². The SMILES string of the molecule is CCN1CCN(C(=O)Cn2cc(C(C)C)nn2)[C@H](Cc2ccc(-c3cccnc3)cc2)C1=O. The molecule has 1 aliphatic rings. The van der Waals surface area contributed by atoms with Gasteiger partial charge in [-0.1, -0.05) is 49.4 Å². The quantitative estimate of drug-likeness (QED) is 0.557. The van der Waals surface area contributed by atoms with Gasteiger partial charge >= 0.3 is 0 Å². The van der Waals surface area contributed by atoms with Crippen LogP contribution in [-0.2, 0) is 22.6 Å². The lowest BCUT2D eigenvalue weighted by Gasteiger charge is -2.40. The zero-order chi connectivity index (χ0) is 23.4. The fourth-order valence-corrected chi connectivity index (χ4v) is 4.12. The van der Waals surface area contributed by atoms with E-state index in [0.717, 1.165) is 22.4 Å². The molecule has 3 aromatic rings. The Bertz CT molecular complexity index is 1090. The molecule has 8 heteroatoms. The predicted molar refractivity (Wildman–Crippen MR) is 125 cm³/mol. The molecule has 0 N–H and O–H groups in total. The van der Waals surface area contributed by atoms with Gasteiger partial charge in [-0.2, -0.15) is 0 Å². The van der Waals surface area contributed by atoms with Crippen molar-refractivity contribution >= 4 is 11.8 Å². The number of benzene rings is 1. The third-order valence-corrected chi connectivity index (χ3v) is 6.11. The third-order valence-electron chi connectivity index (χ3n) is 6.11. The number of hydrogen-bond acceptors (Lipinski definition) is 5. The van der Waals surface area contributed by atoms with E-state index in [1.54, 1.807) is 22.0 Å². The minimum atomic E-state index is -0.525. The van der Waals surface area contributed by atoms with E-state index in [-0.39, 0.29) is 24.3 Å². The molecule has 1 aromatic carbocycles. The molecule has 8 nitrogen and oxygen atoms in total. The Morgan fingerprint density at radius 1 is 1.12 bits per heavy atom.